The van der Waals surface area contributed by atoms with Gasteiger partial charge < -0.3 is 19.9 Å². The Bertz CT molecular complexity index is 979. The van der Waals surface area contributed by atoms with E-state index in [0.29, 0.717) is 12.5 Å². The van der Waals surface area contributed by atoms with E-state index in [1.165, 1.54) is 12.0 Å². The van der Waals surface area contributed by atoms with Crippen LogP contribution in [0.15, 0.2) is 12.1 Å². The van der Waals surface area contributed by atoms with Gasteiger partial charge in [0, 0.05) is 18.5 Å². The number of nitrogens with zero attached hydrogens (tertiary/aromatic N) is 1. The maximum Gasteiger partial charge on any atom is 0.231 e. The van der Waals surface area contributed by atoms with E-state index < -0.39 is 11.1 Å². The van der Waals surface area contributed by atoms with E-state index in [-0.39, 0.29) is 29.3 Å². The zero-order valence-electron chi connectivity index (χ0n) is 15.1. The van der Waals surface area contributed by atoms with Crippen molar-refractivity contribution in [3.8, 4) is 11.5 Å². The predicted molar refractivity (Wildman–Crippen MR) is 94.9 cm³/mol. The molecule has 9 rings (SSSR count). The van der Waals surface area contributed by atoms with Crippen LogP contribution in [0.2, 0.25) is 0 Å². The quantitative estimate of drug-likeness (QED) is 0.724. The van der Waals surface area contributed by atoms with E-state index in [0.717, 1.165) is 49.5 Å². The van der Waals surface area contributed by atoms with E-state index in [9.17, 15) is 9.90 Å². The Hall–Kier alpha value is -1.79. The summed E-state index contributed by atoms with van der Waals surface area (Å²) in [7, 11) is 0. The number of hydrogen-bond donors (Lipinski definition) is 2. The largest absolute Gasteiger partial charge is 0.454 e. The third-order valence-corrected chi connectivity index (χ3v) is 9.53. The molecule has 4 heterocycles. The zero-order valence-corrected chi connectivity index (χ0v) is 15.1. The number of rotatable bonds is 0. The van der Waals surface area contributed by atoms with Gasteiger partial charge in [-0.2, -0.15) is 0 Å². The molecule has 6 heteroatoms. The Morgan fingerprint density at radius 2 is 2.15 bits per heavy atom. The van der Waals surface area contributed by atoms with Crippen molar-refractivity contribution in [1.82, 2.24) is 4.90 Å². The first-order valence-electron chi connectivity index (χ1n) is 10.3. The SMILES string of the molecule is O=C1[C@H]2CN3CCC[C@@]45CC[C@]6(Nc7c(ccc8c7OCO8)[C@@]26[C@@H]34)[C@]1(O)C5. The second-order valence-electron chi connectivity index (χ2n) is 9.94. The fourth-order valence-corrected chi connectivity index (χ4v) is 9.11. The molecule has 27 heavy (non-hydrogen) atoms. The molecule has 0 aromatic heterocycles. The Kier molecular flexibility index (Phi) is 1.96. The van der Waals surface area contributed by atoms with Crippen LogP contribution >= 0.6 is 0 Å². The minimum Gasteiger partial charge on any atom is -0.454 e. The molecule has 4 bridgehead atoms. The maximum absolute atomic E-state index is 13.7. The Morgan fingerprint density at radius 1 is 1.22 bits per heavy atom. The Labute approximate surface area is 156 Å². The molecule has 6 atom stereocenters. The topological polar surface area (TPSA) is 71.0 Å². The molecule has 4 aliphatic heterocycles. The highest BCUT2D eigenvalue weighted by molar-refractivity contribution is 6.03. The van der Waals surface area contributed by atoms with Gasteiger partial charge in [0.25, 0.3) is 0 Å². The molecular weight excluding hydrogens is 344 g/mol. The number of ether oxygens (including phenoxy) is 2. The van der Waals surface area contributed by atoms with Crippen molar-refractivity contribution in [2.24, 2.45) is 11.3 Å². The lowest BCUT2D eigenvalue weighted by molar-refractivity contribution is -0.189. The molecule has 1 aromatic rings. The molecule has 4 aliphatic carbocycles. The van der Waals surface area contributed by atoms with E-state index in [4.69, 9.17) is 9.47 Å². The Morgan fingerprint density at radius 3 is 3.07 bits per heavy atom. The molecule has 4 saturated carbocycles. The van der Waals surface area contributed by atoms with Gasteiger partial charge in [0.15, 0.2) is 17.3 Å². The first-order valence-corrected chi connectivity index (χ1v) is 10.3. The lowest BCUT2D eigenvalue weighted by atomic mass is 9.40. The molecular formula is C21H22N2O4. The summed E-state index contributed by atoms with van der Waals surface area (Å²) in [6.07, 6.45) is 4.89. The van der Waals surface area contributed by atoms with Crippen LogP contribution in [0.3, 0.4) is 0 Å². The van der Waals surface area contributed by atoms with E-state index in [1.807, 2.05) is 6.07 Å². The first-order chi connectivity index (χ1) is 13.1. The number of aliphatic hydroxyl groups is 1. The highest BCUT2D eigenvalue weighted by Crippen LogP contribution is 2.81. The number of piperidine rings is 1. The van der Waals surface area contributed by atoms with Gasteiger partial charge in [-0.05, 0) is 55.7 Å². The van der Waals surface area contributed by atoms with E-state index >= 15 is 0 Å². The summed E-state index contributed by atoms with van der Waals surface area (Å²) < 4.78 is 11.5. The van der Waals surface area contributed by atoms with Crippen molar-refractivity contribution in [2.45, 2.75) is 54.7 Å². The number of Topliss-reactive ketones (excluding diaryl/α,β-unsaturated/α-hetero) is 1. The van der Waals surface area contributed by atoms with Crippen molar-refractivity contribution in [1.29, 1.82) is 0 Å². The van der Waals surface area contributed by atoms with Crippen molar-refractivity contribution in [3.05, 3.63) is 17.7 Å². The van der Waals surface area contributed by atoms with Crippen molar-refractivity contribution in [3.63, 3.8) is 0 Å². The molecule has 2 saturated heterocycles. The van der Waals surface area contributed by atoms with Gasteiger partial charge >= 0.3 is 0 Å². The maximum atomic E-state index is 13.7. The average molecular weight is 366 g/mol. The normalized spacial score (nSPS) is 52.1. The number of nitrogens with one attached hydrogen (secondary N) is 1. The van der Waals surface area contributed by atoms with E-state index in [2.05, 4.69) is 16.3 Å². The molecule has 1 aromatic carbocycles. The third kappa shape index (κ3) is 1.06. The summed E-state index contributed by atoms with van der Waals surface area (Å²) in [5, 5.41) is 15.7. The van der Waals surface area contributed by atoms with E-state index in [1.54, 1.807) is 0 Å². The number of ketones is 1. The summed E-state index contributed by atoms with van der Waals surface area (Å²) in [5.41, 5.74) is 0.0527. The summed E-state index contributed by atoms with van der Waals surface area (Å²) in [6, 6.07) is 4.50. The lowest BCUT2D eigenvalue weighted by Crippen LogP contribution is -2.80. The van der Waals surface area contributed by atoms with Crippen molar-refractivity contribution < 1.29 is 19.4 Å². The van der Waals surface area contributed by atoms with Crippen LogP contribution in [0.5, 0.6) is 11.5 Å². The lowest BCUT2D eigenvalue weighted by Gasteiger charge is -2.68. The van der Waals surface area contributed by atoms with Gasteiger partial charge in [-0.15, -0.1) is 0 Å². The van der Waals surface area contributed by atoms with Crippen LogP contribution in [0.1, 0.15) is 37.7 Å². The number of fused-ring (bicyclic) bond motifs is 4. The summed E-state index contributed by atoms with van der Waals surface area (Å²) in [6.45, 7) is 2.11. The van der Waals surface area contributed by atoms with Gasteiger partial charge in [0.05, 0.1) is 16.6 Å². The minimum absolute atomic E-state index is 0.0648. The standard InChI is InChI=1S/C21H22N2O4/c24-16-12-8-23-7-1-4-18-5-6-20(19(16,25)9-18)21(12,17(18)23)11-2-3-13-15(14(11)22-20)27-10-26-13/h2-3,12,17,22,25H,1,4-10H2/t12-,17+,18+,19+,20+,21+/m1/s1. The summed E-state index contributed by atoms with van der Waals surface area (Å²) in [5.74, 6) is 1.51. The zero-order chi connectivity index (χ0) is 17.8. The van der Waals surface area contributed by atoms with Gasteiger partial charge in [-0.3, -0.25) is 9.69 Å². The molecule has 8 aliphatic rings. The monoisotopic (exact) mass is 366 g/mol. The Balaban J connectivity index is 1.52. The fourth-order valence-electron chi connectivity index (χ4n) is 9.11. The van der Waals surface area contributed by atoms with Crippen LogP contribution in [0.4, 0.5) is 5.69 Å². The van der Waals surface area contributed by atoms with Crippen molar-refractivity contribution in [2.75, 3.05) is 25.2 Å². The van der Waals surface area contributed by atoms with Crippen LogP contribution in [0.25, 0.3) is 0 Å². The summed E-state index contributed by atoms with van der Waals surface area (Å²) >= 11 is 0. The number of hydrogen-bond acceptors (Lipinski definition) is 6. The van der Waals surface area contributed by atoms with Crippen LogP contribution in [-0.2, 0) is 10.2 Å². The van der Waals surface area contributed by atoms with Gasteiger partial charge in [0.1, 0.15) is 5.60 Å². The third-order valence-electron chi connectivity index (χ3n) is 9.53. The number of anilines is 1. The van der Waals surface area contributed by atoms with Crippen LogP contribution in [-0.4, -0.2) is 52.9 Å². The van der Waals surface area contributed by atoms with Crippen LogP contribution < -0.4 is 14.8 Å². The molecule has 0 radical (unpaired) electrons. The van der Waals surface area contributed by atoms with Gasteiger partial charge in [-0.25, -0.2) is 0 Å². The smallest absolute Gasteiger partial charge is 0.231 e. The predicted octanol–water partition coefficient (Wildman–Crippen LogP) is 1.41. The van der Waals surface area contributed by atoms with Gasteiger partial charge in [0.2, 0.25) is 6.79 Å². The molecule has 0 amide bonds. The second kappa shape index (κ2) is 3.72. The van der Waals surface area contributed by atoms with Crippen molar-refractivity contribution >= 4 is 11.5 Å². The molecule has 3 spiro atoms. The minimum atomic E-state index is -1.26. The number of carbonyl (C=O) groups is 1. The average Bonchev–Trinajstić information content (AvgIpc) is 3.36. The molecule has 2 N–H and O–H groups in total. The highest BCUT2D eigenvalue weighted by atomic mass is 16.7. The first kappa shape index (κ1) is 14.2. The molecule has 6 fully saturated rings. The highest BCUT2D eigenvalue weighted by Gasteiger charge is 2.91. The molecule has 0 unspecified atom stereocenters. The second-order valence-corrected chi connectivity index (χ2v) is 9.94. The molecule has 140 valence electrons. The van der Waals surface area contributed by atoms with Gasteiger partial charge in [-0.1, -0.05) is 6.07 Å². The summed E-state index contributed by atoms with van der Waals surface area (Å²) in [4.78, 5) is 16.3. The van der Waals surface area contributed by atoms with Crippen LogP contribution in [0, 0.1) is 11.3 Å². The fraction of sp³-hybridized carbons (Fsp3) is 0.667. The molecule has 6 nitrogen and oxygen atoms in total. The number of carbonyl (C=O) groups excluding carboxylic acids is 1. The number of benzene rings is 1.